The molecule has 2 aliphatic rings. The van der Waals surface area contributed by atoms with Gasteiger partial charge in [0.05, 0.1) is 0 Å². The lowest BCUT2D eigenvalue weighted by molar-refractivity contribution is -0.130. The number of hydrogen-bond donors (Lipinski definition) is 2. The second-order valence-electron chi connectivity index (χ2n) is 9.34. The van der Waals surface area contributed by atoms with Gasteiger partial charge in [0.25, 0.3) is 0 Å². The van der Waals surface area contributed by atoms with Gasteiger partial charge < -0.3 is 15.3 Å². The molecule has 0 bridgehead atoms. The van der Waals surface area contributed by atoms with Crippen molar-refractivity contribution < 1.29 is 14.3 Å². The van der Waals surface area contributed by atoms with Gasteiger partial charge in [0.1, 0.15) is 11.4 Å². The molecule has 2 aromatic rings. The van der Waals surface area contributed by atoms with Crippen molar-refractivity contribution in [2.45, 2.75) is 38.0 Å². The largest absolute Gasteiger partial charge is 0.377 e. The van der Waals surface area contributed by atoms with Crippen LogP contribution in [-0.4, -0.2) is 65.2 Å². The second-order valence-corrected chi connectivity index (χ2v) is 9.78. The molecule has 5 nitrogen and oxygen atoms in total. The predicted molar refractivity (Wildman–Crippen MR) is 137 cm³/mol. The van der Waals surface area contributed by atoms with Crippen LogP contribution in [0.2, 0.25) is 5.02 Å². The normalized spacial score (nSPS) is 20.5. The number of hydrogen-bond acceptors (Lipinski definition) is 4. The number of amides is 1. The maximum Gasteiger partial charge on any atom is 0.246 e. The highest BCUT2D eigenvalue weighted by atomic mass is 35.5. The predicted octanol–water partition coefficient (Wildman–Crippen LogP) is 3.69. The first-order valence-electron chi connectivity index (χ1n) is 12.0. The number of carbonyl (C=O) groups is 1. The fourth-order valence-electron chi connectivity index (χ4n) is 4.54. The minimum Gasteiger partial charge on any atom is -0.377 e. The van der Waals surface area contributed by atoms with Crippen LogP contribution in [-0.2, 0) is 11.3 Å². The summed E-state index contributed by atoms with van der Waals surface area (Å²) in [5.41, 5.74) is 1.53. The van der Waals surface area contributed by atoms with Crippen LogP contribution in [0.4, 0.5) is 4.39 Å². The Morgan fingerprint density at radius 3 is 2.69 bits per heavy atom. The summed E-state index contributed by atoms with van der Waals surface area (Å²) in [6.45, 7) is 6.38. The Morgan fingerprint density at radius 1 is 1.23 bits per heavy atom. The number of nitrogens with one attached hydrogen (secondary N) is 1. The van der Waals surface area contributed by atoms with Gasteiger partial charge in [-0.3, -0.25) is 9.69 Å². The number of carbonyl (C=O) groups excluding carboxylic acids is 1. The Bertz CT molecular complexity index is 1130. The van der Waals surface area contributed by atoms with Crippen LogP contribution in [0.15, 0.2) is 48.5 Å². The molecule has 2 heterocycles. The van der Waals surface area contributed by atoms with Gasteiger partial charge in [-0.05, 0) is 74.3 Å². The molecule has 4 rings (SSSR count). The van der Waals surface area contributed by atoms with Crippen molar-refractivity contribution in [2.24, 2.45) is 0 Å². The summed E-state index contributed by atoms with van der Waals surface area (Å²) in [6, 6.07) is 12.0. The summed E-state index contributed by atoms with van der Waals surface area (Å²) in [7, 11) is 0. The van der Waals surface area contributed by atoms with E-state index in [1.165, 1.54) is 12.1 Å². The SMILES string of the molecule is C[C@@H]1CN(Cc2ccc(F)cc2)CCN1C(=O)C=Cc1ccc(Cl)cc1C#CC1(O)CCNCC1. The monoisotopic (exact) mass is 495 g/mol. The van der Waals surface area contributed by atoms with Gasteiger partial charge in [-0.15, -0.1) is 0 Å². The Kier molecular flexibility index (Phi) is 8.25. The Labute approximate surface area is 211 Å². The van der Waals surface area contributed by atoms with Gasteiger partial charge in [-0.25, -0.2) is 4.39 Å². The van der Waals surface area contributed by atoms with Crippen molar-refractivity contribution in [3.8, 4) is 11.8 Å². The van der Waals surface area contributed by atoms with Crippen LogP contribution in [0.5, 0.6) is 0 Å². The highest BCUT2D eigenvalue weighted by molar-refractivity contribution is 6.30. The molecule has 7 heteroatoms. The first-order valence-corrected chi connectivity index (χ1v) is 12.4. The third-order valence-electron chi connectivity index (χ3n) is 6.60. The third-order valence-corrected chi connectivity index (χ3v) is 6.83. The Balaban J connectivity index is 1.40. The maximum atomic E-state index is 13.2. The first kappa shape index (κ1) is 25.4. The van der Waals surface area contributed by atoms with Crippen molar-refractivity contribution in [1.82, 2.24) is 15.1 Å². The summed E-state index contributed by atoms with van der Waals surface area (Å²) in [4.78, 5) is 17.1. The molecule has 2 aliphatic heterocycles. The van der Waals surface area contributed by atoms with Gasteiger partial charge in [0, 0.05) is 48.9 Å². The zero-order valence-electron chi connectivity index (χ0n) is 19.9. The van der Waals surface area contributed by atoms with Crippen LogP contribution >= 0.6 is 11.6 Å². The van der Waals surface area contributed by atoms with Crippen molar-refractivity contribution in [3.05, 3.63) is 76.1 Å². The zero-order valence-corrected chi connectivity index (χ0v) is 20.7. The minimum atomic E-state index is -1.01. The average Bonchev–Trinajstić information content (AvgIpc) is 2.84. The molecule has 0 unspecified atom stereocenters. The number of piperazine rings is 1. The lowest BCUT2D eigenvalue weighted by Crippen LogP contribution is -2.53. The van der Waals surface area contributed by atoms with Gasteiger partial charge in [-0.1, -0.05) is 41.6 Å². The molecule has 2 fully saturated rings. The Hall–Kier alpha value is -2.69. The smallest absolute Gasteiger partial charge is 0.246 e. The van der Waals surface area contributed by atoms with E-state index in [0.29, 0.717) is 30.0 Å². The molecular formula is C28H31ClFN3O2. The van der Waals surface area contributed by atoms with Crippen LogP contribution in [0.25, 0.3) is 6.08 Å². The zero-order chi connectivity index (χ0) is 24.8. The summed E-state index contributed by atoms with van der Waals surface area (Å²) in [5.74, 6) is 5.82. The van der Waals surface area contributed by atoms with E-state index in [1.54, 1.807) is 36.4 Å². The first-order chi connectivity index (χ1) is 16.8. The fourth-order valence-corrected chi connectivity index (χ4v) is 4.71. The number of nitrogens with zero attached hydrogens (tertiary/aromatic N) is 2. The molecule has 1 amide bonds. The lowest BCUT2D eigenvalue weighted by atomic mass is 9.92. The number of halogens is 2. The number of benzene rings is 2. The molecule has 2 saturated heterocycles. The molecule has 0 aliphatic carbocycles. The molecule has 2 aromatic carbocycles. The highest BCUT2D eigenvalue weighted by Gasteiger charge is 2.27. The van der Waals surface area contributed by atoms with Crippen LogP contribution in [0, 0.1) is 17.7 Å². The van der Waals surface area contributed by atoms with Crippen LogP contribution < -0.4 is 5.32 Å². The average molecular weight is 496 g/mol. The molecule has 0 spiro atoms. The van der Waals surface area contributed by atoms with Crippen molar-refractivity contribution >= 4 is 23.6 Å². The summed E-state index contributed by atoms with van der Waals surface area (Å²) in [5, 5.41) is 14.5. The fraction of sp³-hybridized carbons (Fsp3) is 0.393. The van der Waals surface area contributed by atoms with E-state index in [1.807, 2.05) is 17.9 Å². The van der Waals surface area contributed by atoms with E-state index in [0.717, 1.165) is 43.9 Å². The van der Waals surface area contributed by atoms with Gasteiger partial charge in [-0.2, -0.15) is 0 Å². The van der Waals surface area contributed by atoms with Crippen molar-refractivity contribution in [1.29, 1.82) is 0 Å². The maximum absolute atomic E-state index is 13.2. The van der Waals surface area contributed by atoms with Gasteiger partial charge >= 0.3 is 0 Å². The van der Waals surface area contributed by atoms with E-state index in [2.05, 4.69) is 22.1 Å². The van der Waals surface area contributed by atoms with Crippen LogP contribution in [0.1, 0.15) is 36.5 Å². The Morgan fingerprint density at radius 2 is 1.97 bits per heavy atom. The van der Waals surface area contributed by atoms with E-state index < -0.39 is 5.60 Å². The van der Waals surface area contributed by atoms with E-state index in [-0.39, 0.29) is 17.8 Å². The van der Waals surface area contributed by atoms with E-state index >= 15 is 0 Å². The summed E-state index contributed by atoms with van der Waals surface area (Å²) >= 11 is 6.19. The molecular weight excluding hydrogens is 465 g/mol. The van der Waals surface area contributed by atoms with Gasteiger partial charge in [0.15, 0.2) is 0 Å². The molecule has 0 saturated carbocycles. The minimum absolute atomic E-state index is 0.0511. The molecule has 0 aromatic heterocycles. The summed E-state index contributed by atoms with van der Waals surface area (Å²) in [6.07, 6.45) is 4.51. The molecule has 184 valence electrons. The van der Waals surface area contributed by atoms with Crippen molar-refractivity contribution in [2.75, 3.05) is 32.7 Å². The third kappa shape index (κ3) is 6.93. The summed E-state index contributed by atoms with van der Waals surface area (Å²) < 4.78 is 13.2. The second kappa shape index (κ2) is 11.4. The number of rotatable bonds is 4. The van der Waals surface area contributed by atoms with Gasteiger partial charge in [0.2, 0.25) is 5.91 Å². The quantitative estimate of drug-likeness (QED) is 0.502. The standard InChI is InChI=1S/C28H31ClFN3O2/c1-21-19-32(20-22-2-7-26(30)8-3-22)16-17-33(21)27(34)9-5-23-4-6-25(29)18-24(23)10-11-28(35)12-14-31-15-13-28/h2-9,18,21,31,35H,12-17,19-20H2,1H3/t21-/m1/s1. The molecule has 0 radical (unpaired) electrons. The van der Waals surface area contributed by atoms with E-state index in [9.17, 15) is 14.3 Å². The molecule has 1 atom stereocenters. The molecule has 2 N–H and O–H groups in total. The highest BCUT2D eigenvalue weighted by Crippen LogP contribution is 2.21. The topological polar surface area (TPSA) is 55.8 Å². The van der Waals surface area contributed by atoms with Crippen LogP contribution in [0.3, 0.4) is 0 Å². The van der Waals surface area contributed by atoms with E-state index in [4.69, 9.17) is 11.6 Å². The van der Waals surface area contributed by atoms with Crippen molar-refractivity contribution in [3.63, 3.8) is 0 Å². The number of piperidine rings is 1. The lowest BCUT2D eigenvalue weighted by Gasteiger charge is -2.39. The number of aliphatic hydroxyl groups is 1. The molecule has 35 heavy (non-hydrogen) atoms.